The molecule has 0 aliphatic rings. The second-order valence-electron chi connectivity index (χ2n) is 2.11. The molecule has 2 aromatic rings. The molecule has 0 atom stereocenters. The number of hydrogen-bond donors (Lipinski definition) is 0. The van der Waals surface area contributed by atoms with Crippen LogP contribution in [0, 0.1) is 11.5 Å². The van der Waals surface area contributed by atoms with Crippen molar-refractivity contribution < 1.29 is 0 Å². The summed E-state index contributed by atoms with van der Waals surface area (Å²) in [5, 5.41) is 15.8. The van der Waals surface area contributed by atoms with Crippen LogP contribution in [0.25, 0.3) is 5.65 Å². The molecule has 2 rings (SSSR count). The van der Waals surface area contributed by atoms with Crippen molar-refractivity contribution in [3.05, 3.63) is 28.8 Å². The summed E-state index contributed by atoms with van der Waals surface area (Å²) in [5.74, 6) is 0. The fourth-order valence-corrected chi connectivity index (χ4v) is 0.947. The van der Waals surface area contributed by atoms with E-state index in [0.717, 1.165) is 4.68 Å². The maximum atomic E-state index is 11.0. The normalized spacial score (nSPS) is 9.92. The highest BCUT2D eigenvalue weighted by Crippen LogP contribution is 1.91. The van der Waals surface area contributed by atoms with Crippen molar-refractivity contribution in [1.82, 2.24) is 19.4 Å². The van der Waals surface area contributed by atoms with Gasteiger partial charge in [-0.15, -0.1) is 9.78 Å². The average molecular weight is 161 g/mol. The van der Waals surface area contributed by atoms with Gasteiger partial charge in [0.25, 0.3) is 5.56 Å². The molecule has 0 saturated heterocycles. The van der Waals surface area contributed by atoms with E-state index < -0.39 is 5.56 Å². The molecular formula is C6H3N5O. The Bertz CT molecular complexity index is 516. The van der Waals surface area contributed by atoms with Gasteiger partial charge < -0.3 is 0 Å². The first-order valence-electron chi connectivity index (χ1n) is 3.15. The van der Waals surface area contributed by atoms with Crippen LogP contribution in [0.3, 0.4) is 0 Å². The van der Waals surface area contributed by atoms with E-state index in [0.29, 0.717) is 5.65 Å². The standard InChI is InChI=1S/C6H3N5O/c7-4-11-6(12)3-5-9-8-1-2-10(5)11/h1-3H. The van der Waals surface area contributed by atoms with Crippen LogP contribution in [-0.2, 0) is 0 Å². The van der Waals surface area contributed by atoms with Gasteiger partial charge in [-0.2, -0.15) is 10.4 Å². The Kier molecular flexibility index (Phi) is 1.18. The molecule has 0 saturated carbocycles. The monoisotopic (exact) mass is 161 g/mol. The summed E-state index contributed by atoms with van der Waals surface area (Å²) in [6.45, 7) is 0. The van der Waals surface area contributed by atoms with E-state index in [4.69, 9.17) is 5.26 Å². The Morgan fingerprint density at radius 2 is 2.42 bits per heavy atom. The van der Waals surface area contributed by atoms with Crippen molar-refractivity contribution >= 4 is 5.65 Å². The third kappa shape index (κ3) is 0.703. The lowest BCUT2D eigenvalue weighted by molar-refractivity contribution is 0.764. The predicted molar refractivity (Wildman–Crippen MR) is 38.3 cm³/mol. The molecular weight excluding hydrogens is 158 g/mol. The quantitative estimate of drug-likeness (QED) is 0.507. The van der Waals surface area contributed by atoms with Crippen LogP contribution in [0.4, 0.5) is 0 Å². The first-order chi connectivity index (χ1) is 5.83. The molecule has 0 radical (unpaired) electrons. The first kappa shape index (κ1) is 6.54. The van der Waals surface area contributed by atoms with Crippen molar-refractivity contribution in [1.29, 1.82) is 5.26 Å². The minimum absolute atomic E-state index is 0.365. The molecule has 12 heavy (non-hydrogen) atoms. The molecule has 2 aromatic heterocycles. The van der Waals surface area contributed by atoms with E-state index in [1.165, 1.54) is 23.0 Å². The largest absolute Gasteiger partial charge is 0.283 e. The number of nitriles is 1. The molecule has 0 aliphatic carbocycles. The number of fused-ring (bicyclic) bond motifs is 1. The van der Waals surface area contributed by atoms with Gasteiger partial charge in [-0.05, 0) is 0 Å². The lowest BCUT2D eigenvalue weighted by atomic mass is 10.7. The van der Waals surface area contributed by atoms with Gasteiger partial charge in [0.1, 0.15) is 0 Å². The number of hydrogen-bond acceptors (Lipinski definition) is 4. The number of rotatable bonds is 0. The summed E-state index contributed by atoms with van der Waals surface area (Å²) in [6, 6.07) is 1.25. The highest BCUT2D eigenvalue weighted by molar-refractivity contribution is 5.34. The summed E-state index contributed by atoms with van der Waals surface area (Å²) in [6.07, 6.45) is 4.61. The van der Waals surface area contributed by atoms with Crippen molar-refractivity contribution in [2.75, 3.05) is 0 Å². The van der Waals surface area contributed by atoms with Crippen LogP contribution >= 0.6 is 0 Å². The van der Waals surface area contributed by atoms with E-state index in [1.807, 2.05) is 0 Å². The van der Waals surface area contributed by atoms with E-state index in [-0.39, 0.29) is 0 Å². The van der Waals surface area contributed by atoms with Gasteiger partial charge >= 0.3 is 0 Å². The molecule has 0 bridgehead atoms. The Morgan fingerprint density at radius 1 is 1.58 bits per heavy atom. The Balaban J connectivity index is 3.03. The van der Waals surface area contributed by atoms with Crippen LogP contribution < -0.4 is 5.56 Å². The molecule has 0 aliphatic heterocycles. The maximum absolute atomic E-state index is 11.0. The van der Waals surface area contributed by atoms with Gasteiger partial charge in [-0.1, -0.05) is 0 Å². The molecule has 6 nitrogen and oxygen atoms in total. The minimum Gasteiger partial charge on any atom is -0.267 e. The Morgan fingerprint density at radius 3 is 3.17 bits per heavy atom. The molecule has 0 fully saturated rings. The molecule has 0 amide bonds. The minimum atomic E-state index is -0.405. The smallest absolute Gasteiger partial charge is 0.267 e. The van der Waals surface area contributed by atoms with Crippen molar-refractivity contribution in [2.24, 2.45) is 0 Å². The lowest BCUT2D eigenvalue weighted by Gasteiger charge is -1.91. The van der Waals surface area contributed by atoms with Gasteiger partial charge in [-0.25, -0.2) is 4.52 Å². The summed E-state index contributed by atoms with van der Waals surface area (Å²) in [5.41, 5.74) is -0.0398. The summed E-state index contributed by atoms with van der Waals surface area (Å²) in [7, 11) is 0. The maximum Gasteiger partial charge on any atom is 0.283 e. The molecule has 0 spiro atoms. The predicted octanol–water partition coefficient (Wildman–Crippen LogP) is -0.780. The van der Waals surface area contributed by atoms with Crippen molar-refractivity contribution in [2.45, 2.75) is 0 Å². The summed E-state index contributed by atoms with van der Waals surface area (Å²) >= 11 is 0. The zero-order valence-electron chi connectivity index (χ0n) is 5.88. The van der Waals surface area contributed by atoms with E-state index in [1.54, 1.807) is 6.19 Å². The van der Waals surface area contributed by atoms with Crippen LogP contribution in [0.1, 0.15) is 0 Å². The summed E-state index contributed by atoms with van der Waals surface area (Å²) in [4.78, 5) is 11.0. The zero-order chi connectivity index (χ0) is 8.55. The van der Waals surface area contributed by atoms with Crippen LogP contribution in [0.2, 0.25) is 0 Å². The number of aromatic nitrogens is 4. The van der Waals surface area contributed by atoms with Gasteiger partial charge in [-0.3, -0.25) is 4.79 Å². The lowest BCUT2D eigenvalue weighted by Crippen LogP contribution is -2.14. The van der Waals surface area contributed by atoms with E-state index in [2.05, 4.69) is 10.2 Å². The number of nitrogens with zero attached hydrogens (tertiary/aromatic N) is 5. The topological polar surface area (TPSA) is 76.0 Å². The molecule has 58 valence electrons. The molecule has 2 heterocycles. The van der Waals surface area contributed by atoms with E-state index >= 15 is 0 Å². The van der Waals surface area contributed by atoms with Gasteiger partial charge in [0.2, 0.25) is 6.19 Å². The zero-order valence-corrected chi connectivity index (χ0v) is 5.88. The second-order valence-corrected chi connectivity index (χ2v) is 2.11. The van der Waals surface area contributed by atoms with E-state index in [9.17, 15) is 4.79 Å². The van der Waals surface area contributed by atoms with Crippen LogP contribution in [0.5, 0.6) is 0 Å². The molecule has 0 N–H and O–H groups in total. The molecule has 6 heteroatoms. The second kappa shape index (κ2) is 2.17. The van der Waals surface area contributed by atoms with Gasteiger partial charge in [0.15, 0.2) is 5.65 Å². The third-order valence-electron chi connectivity index (χ3n) is 1.44. The van der Waals surface area contributed by atoms with Crippen molar-refractivity contribution in [3.63, 3.8) is 0 Å². The van der Waals surface area contributed by atoms with Crippen LogP contribution in [0.15, 0.2) is 23.3 Å². The fourth-order valence-electron chi connectivity index (χ4n) is 0.947. The third-order valence-corrected chi connectivity index (χ3v) is 1.44. The fraction of sp³-hybridized carbons (Fsp3) is 0. The van der Waals surface area contributed by atoms with Gasteiger partial charge in [0, 0.05) is 0 Å². The molecule has 0 aromatic carbocycles. The highest BCUT2D eigenvalue weighted by atomic mass is 16.1. The first-order valence-corrected chi connectivity index (χ1v) is 3.15. The highest BCUT2D eigenvalue weighted by Gasteiger charge is 2.02. The Hall–Kier alpha value is -2.16. The Labute approximate surface area is 66.3 Å². The summed E-state index contributed by atoms with van der Waals surface area (Å²) < 4.78 is 2.22. The average Bonchev–Trinajstić information content (AvgIpc) is 2.40. The molecule has 0 unspecified atom stereocenters. The van der Waals surface area contributed by atoms with Crippen LogP contribution in [-0.4, -0.2) is 19.4 Å². The SMILES string of the molecule is N#Cn1c(=O)cc2nnccn21. The van der Waals surface area contributed by atoms with Crippen molar-refractivity contribution in [3.8, 4) is 6.19 Å². The van der Waals surface area contributed by atoms with Gasteiger partial charge in [0.05, 0.1) is 18.5 Å².